The van der Waals surface area contributed by atoms with E-state index in [-0.39, 0.29) is 22.9 Å². The second-order valence-electron chi connectivity index (χ2n) is 7.67. The molecule has 1 aliphatic heterocycles. The Bertz CT molecular complexity index is 360. The van der Waals surface area contributed by atoms with Crippen molar-refractivity contribution < 1.29 is 9.53 Å². The van der Waals surface area contributed by atoms with E-state index in [4.69, 9.17) is 4.74 Å². The average Bonchev–Trinajstić information content (AvgIpc) is 2.69. The fraction of sp³-hybridized carbons (Fsp3) is 0.933. The third-order valence-corrected chi connectivity index (χ3v) is 4.42. The van der Waals surface area contributed by atoms with E-state index in [1.807, 2.05) is 27.7 Å². The molecular formula is C15H28N2O2. The Morgan fingerprint density at radius 1 is 1.37 bits per heavy atom. The number of hydrogen-bond acceptors (Lipinski definition) is 3. The third-order valence-electron chi connectivity index (χ3n) is 4.42. The lowest BCUT2D eigenvalue weighted by molar-refractivity contribution is -0.131. The van der Waals surface area contributed by atoms with Gasteiger partial charge in [0.15, 0.2) is 0 Å². The maximum Gasteiger partial charge on any atom is 0.237 e. The van der Waals surface area contributed by atoms with Gasteiger partial charge in [-0.25, -0.2) is 0 Å². The van der Waals surface area contributed by atoms with Gasteiger partial charge >= 0.3 is 0 Å². The van der Waals surface area contributed by atoms with Gasteiger partial charge in [-0.3, -0.25) is 4.79 Å². The van der Waals surface area contributed by atoms with E-state index in [0.29, 0.717) is 18.1 Å². The van der Waals surface area contributed by atoms with Gasteiger partial charge in [0.05, 0.1) is 12.1 Å². The quantitative estimate of drug-likeness (QED) is 0.819. The van der Waals surface area contributed by atoms with Crippen LogP contribution in [0.1, 0.15) is 48.0 Å². The summed E-state index contributed by atoms with van der Waals surface area (Å²) in [6.45, 7) is 13.3. The fourth-order valence-corrected chi connectivity index (χ4v) is 3.49. The van der Waals surface area contributed by atoms with Crippen molar-refractivity contribution in [2.45, 2.75) is 71.7 Å². The third kappa shape index (κ3) is 2.79. The molecule has 0 bridgehead atoms. The maximum atomic E-state index is 12.1. The summed E-state index contributed by atoms with van der Waals surface area (Å²) < 4.78 is 5.78. The minimum atomic E-state index is -0.179. The molecule has 19 heavy (non-hydrogen) atoms. The zero-order chi connectivity index (χ0) is 14.4. The zero-order valence-electron chi connectivity index (χ0n) is 13.0. The summed E-state index contributed by atoms with van der Waals surface area (Å²) in [5, 5.41) is 6.54. The summed E-state index contributed by atoms with van der Waals surface area (Å²) in [4.78, 5) is 12.1. The summed E-state index contributed by atoms with van der Waals surface area (Å²) in [7, 11) is 0. The number of amides is 1. The van der Waals surface area contributed by atoms with Gasteiger partial charge in [-0.1, -0.05) is 13.8 Å². The predicted octanol–water partition coefficient (Wildman–Crippen LogP) is 1.69. The van der Waals surface area contributed by atoms with Crippen molar-refractivity contribution in [2.75, 3.05) is 6.61 Å². The van der Waals surface area contributed by atoms with E-state index < -0.39 is 0 Å². The molecule has 1 heterocycles. The molecule has 0 radical (unpaired) electrons. The van der Waals surface area contributed by atoms with E-state index in [9.17, 15) is 4.79 Å². The van der Waals surface area contributed by atoms with Crippen LogP contribution in [0.5, 0.6) is 0 Å². The molecule has 4 atom stereocenters. The highest BCUT2D eigenvalue weighted by Gasteiger charge is 2.59. The van der Waals surface area contributed by atoms with Crippen LogP contribution in [0, 0.1) is 11.3 Å². The molecule has 1 saturated heterocycles. The van der Waals surface area contributed by atoms with Crippen molar-refractivity contribution in [3.05, 3.63) is 0 Å². The minimum absolute atomic E-state index is 0.0747. The molecular weight excluding hydrogens is 240 g/mol. The molecule has 2 rings (SSSR count). The lowest BCUT2D eigenvalue weighted by atomic mass is 9.57. The van der Waals surface area contributed by atoms with Crippen molar-refractivity contribution in [3.8, 4) is 0 Å². The van der Waals surface area contributed by atoms with Crippen LogP contribution < -0.4 is 10.6 Å². The normalized spacial score (nSPS) is 34.3. The van der Waals surface area contributed by atoms with Crippen LogP contribution in [0.2, 0.25) is 0 Å². The second kappa shape index (κ2) is 4.74. The number of fused-ring (bicyclic) bond motifs is 1. The standard InChI is InChI=1S/C15H28N2O2/c1-9(13(18)17-14(2,3)4)16-11-10-7-8-19-12(10)15(11,5)6/h9-12,16H,7-8H2,1-6H3,(H,17,18). The molecule has 4 nitrogen and oxygen atoms in total. The highest BCUT2D eigenvalue weighted by Crippen LogP contribution is 2.52. The number of ether oxygens (including phenoxy) is 1. The minimum Gasteiger partial charge on any atom is -0.377 e. The molecule has 2 N–H and O–H groups in total. The van der Waals surface area contributed by atoms with E-state index in [1.54, 1.807) is 0 Å². The van der Waals surface area contributed by atoms with Crippen molar-refractivity contribution in [3.63, 3.8) is 0 Å². The molecule has 1 aliphatic carbocycles. The Kier molecular flexibility index (Phi) is 3.69. The summed E-state index contributed by atoms with van der Waals surface area (Å²) in [6.07, 6.45) is 1.47. The van der Waals surface area contributed by atoms with Crippen LogP contribution in [-0.4, -0.2) is 36.2 Å². The lowest BCUT2D eigenvalue weighted by Gasteiger charge is -2.55. The van der Waals surface area contributed by atoms with Gasteiger partial charge in [-0.15, -0.1) is 0 Å². The van der Waals surface area contributed by atoms with Gasteiger partial charge in [-0.2, -0.15) is 0 Å². The number of carbonyl (C=O) groups is 1. The average molecular weight is 268 g/mol. The van der Waals surface area contributed by atoms with Gasteiger partial charge in [-0.05, 0) is 34.1 Å². The van der Waals surface area contributed by atoms with Crippen LogP contribution in [0.3, 0.4) is 0 Å². The van der Waals surface area contributed by atoms with Crippen LogP contribution in [0.4, 0.5) is 0 Å². The number of hydrogen-bond donors (Lipinski definition) is 2. The van der Waals surface area contributed by atoms with E-state index in [1.165, 1.54) is 0 Å². The monoisotopic (exact) mass is 268 g/mol. The molecule has 0 aromatic carbocycles. The van der Waals surface area contributed by atoms with E-state index in [2.05, 4.69) is 24.5 Å². The Balaban J connectivity index is 1.92. The molecule has 1 saturated carbocycles. The van der Waals surface area contributed by atoms with Gasteiger partial charge in [0.2, 0.25) is 5.91 Å². The first-order chi connectivity index (χ1) is 8.63. The van der Waals surface area contributed by atoms with Gasteiger partial charge < -0.3 is 15.4 Å². The van der Waals surface area contributed by atoms with Crippen molar-refractivity contribution in [1.29, 1.82) is 0 Å². The Morgan fingerprint density at radius 2 is 2.00 bits per heavy atom. The molecule has 1 amide bonds. The molecule has 0 aromatic rings. The van der Waals surface area contributed by atoms with Crippen LogP contribution in [0.25, 0.3) is 0 Å². The number of rotatable bonds is 3. The van der Waals surface area contributed by atoms with Crippen LogP contribution in [0.15, 0.2) is 0 Å². The summed E-state index contributed by atoms with van der Waals surface area (Å²) >= 11 is 0. The maximum absolute atomic E-state index is 12.1. The predicted molar refractivity (Wildman–Crippen MR) is 75.9 cm³/mol. The molecule has 4 heteroatoms. The highest BCUT2D eigenvalue weighted by molar-refractivity contribution is 5.82. The lowest BCUT2D eigenvalue weighted by Crippen LogP contribution is -2.68. The molecule has 4 unspecified atom stereocenters. The second-order valence-corrected chi connectivity index (χ2v) is 7.67. The first-order valence-corrected chi connectivity index (χ1v) is 7.32. The number of carbonyl (C=O) groups excluding carboxylic acids is 1. The molecule has 0 spiro atoms. The summed E-state index contributed by atoms with van der Waals surface area (Å²) in [6, 6.07) is 0.214. The van der Waals surface area contributed by atoms with E-state index >= 15 is 0 Å². The summed E-state index contributed by atoms with van der Waals surface area (Å²) in [5.74, 6) is 0.644. The fourth-order valence-electron chi connectivity index (χ4n) is 3.49. The van der Waals surface area contributed by atoms with Gasteiger partial charge in [0.1, 0.15) is 0 Å². The molecule has 2 aliphatic rings. The van der Waals surface area contributed by atoms with Gasteiger partial charge in [0, 0.05) is 29.5 Å². The van der Waals surface area contributed by atoms with Crippen molar-refractivity contribution >= 4 is 5.91 Å². The van der Waals surface area contributed by atoms with Crippen molar-refractivity contribution in [2.24, 2.45) is 11.3 Å². The smallest absolute Gasteiger partial charge is 0.237 e. The van der Waals surface area contributed by atoms with E-state index in [0.717, 1.165) is 13.0 Å². The Morgan fingerprint density at radius 3 is 2.58 bits per heavy atom. The molecule has 2 fully saturated rings. The van der Waals surface area contributed by atoms with Crippen molar-refractivity contribution in [1.82, 2.24) is 10.6 Å². The Hall–Kier alpha value is -0.610. The van der Waals surface area contributed by atoms with Crippen LogP contribution in [-0.2, 0) is 9.53 Å². The topological polar surface area (TPSA) is 50.4 Å². The Labute approximate surface area is 116 Å². The largest absolute Gasteiger partial charge is 0.377 e. The SMILES string of the molecule is CC(NC1C2CCOC2C1(C)C)C(=O)NC(C)(C)C. The number of nitrogens with one attached hydrogen (secondary N) is 2. The first kappa shape index (κ1) is 14.8. The molecule has 110 valence electrons. The molecule has 0 aromatic heterocycles. The summed E-state index contributed by atoms with van der Waals surface area (Å²) in [5.41, 5.74) is -0.0569. The van der Waals surface area contributed by atoms with Crippen LogP contribution >= 0.6 is 0 Å². The first-order valence-electron chi connectivity index (χ1n) is 7.32. The van der Waals surface area contributed by atoms with Gasteiger partial charge in [0.25, 0.3) is 0 Å². The highest BCUT2D eigenvalue weighted by atomic mass is 16.5. The zero-order valence-corrected chi connectivity index (χ0v) is 13.0.